The minimum absolute atomic E-state index is 0.365. The van der Waals surface area contributed by atoms with Crippen LogP contribution in [-0.4, -0.2) is 28.1 Å². The Morgan fingerprint density at radius 2 is 1.84 bits per heavy atom. The Kier molecular flexibility index (Phi) is 2.62. The molecule has 1 fully saturated rings. The van der Waals surface area contributed by atoms with Gasteiger partial charge in [0.05, 0.1) is 11.2 Å². The molecule has 19 heavy (non-hydrogen) atoms. The number of aromatic nitrogens is 2. The van der Waals surface area contributed by atoms with Crippen LogP contribution < -0.4 is 5.66 Å². The highest BCUT2D eigenvalue weighted by atomic mass is 16.7. The molecule has 6 heteroatoms. The quantitative estimate of drug-likeness (QED) is 0.772. The average Bonchev–Trinajstić information content (AvgIpc) is 3.00. The van der Waals surface area contributed by atoms with Gasteiger partial charge in [0.25, 0.3) is 0 Å². The highest BCUT2D eigenvalue weighted by molar-refractivity contribution is 6.60. The molecule has 0 unspecified atom stereocenters. The molecule has 1 aliphatic rings. The van der Waals surface area contributed by atoms with E-state index in [1.165, 1.54) is 0 Å². The van der Waals surface area contributed by atoms with Crippen molar-refractivity contribution >= 4 is 12.8 Å². The molecule has 1 saturated heterocycles. The van der Waals surface area contributed by atoms with Crippen LogP contribution in [0.4, 0.5) is 0 Å². The van der Waals surface area contributed by atoms with Gasteiger partial charge in [0, 0.05) is 18.5 Å². The molecule has 0 amide bonds. The summed E-state index contributed by atoms with van der Waals surface area (Å²) in [5.74, 6) is 0. The van der Waals surface area contributed by atoms with Crippen molar-refractivity contribution < 1.29 is 13.7 Å². The largest absolute Gasteiger partial charge is 0.532 e. The van der Waals surface area contributed by atoms with Crippen molar-refractivity contribution in [1.29, 1.82) is 0 Å². The maximum Gasteiger partial charge on any atom is 0.532 e. The summed E-state index contributed by atoms with van der Waals surface area (Å²) >= 11 is 0. The van der Waals surface area contributed by atoms with Crippen molar-refractivity contribution in [3.05, 3.63) is 30.8 Å². The number of hydrogen-bond acceptors (Lipinski definition) is 4. The van der Waals surface area contributed by atoms with Gasteiger partial charge in [0.15, 0.2) is 0 Å². The first-order valence-electron chi connectivity index (χ1n) is 6.33. The van der Waals surface area contributed by atoms with Crippen LogP contribution >= 0.6 is 0 Å². The highest BCUT2D eigenvalue weighted by Crippen LogP contribution is 2.36. The second-order valence-electron chi connectivity index (χ2n) is 5.75. The normalized spacial score (nSPS) is 20.9. The summed E-state index contributed by atoms with van der Waals surface area (Å²) in [6, 6.07) is 3.75. The molecule has 2 aromatic heterocycles. The molecule has 0 radical (unpaired) electrons. The number of nitrogens with zero attached hydrogens (tertiary/aromatic N) is 2. The van der Waals surface area contributed by atoms with E-state index in [0.717, 1.165) is 5.69 Å². The van der Waals surface area contributed by atoms with E-state index >= 15 is 0 Å². The van der Waals surface area contributed by atoms with Gasteiger partial charge in [0.2, 0.25) is 0 Å². The fraction of sp³-hybridized carbons (Fsp3) is 0.462. The molecule has 0 aromatic carbocycles. The molecule has 5 nitrogen and oxygen atoms in total. The summed E-state index contributed by atoms with van der Waals surface area (Å²) in [6.07, 6.45) is 5.23. The van der Waals surface area contributed by atoms with E-state index < -0.39 is 7.12 Å². The van der Waals surface area contributed by atoms with Crippen LogP contribution in [0, 0.1) is 0 Å². The van der Waals surface area contributed by atoms with Gasteiger partial charge in [-0.1, -0.05) is 0 Å². The Morgan fingerprint density at radius 3 is 2.42 bits per heavy atom. The zero-order chi connectivity index (χ0) is 13.7. The van der Waals surface area contributed by atoms with Crippen molar-refractivity contribution in [2.24, 2.45) is 0 Å². The maximum atomic E-state index is 5.94. The molecule has 0 saturated carbocycles. The van der Waals surface area contributed by atoms with Gasteiger partial charge in [0.1, 0.15) is 17.6 Å². The van der Waals surface area contributed by atoms with Crippen molar-refractivity contribution in [2.45, 2.75) is 38.9 Å². The first-order chi connectivity index (χ1) is 8.89. The Balaban J connectivity index is 1.85. The van der Waals surface area contributed by atoms with Gasteiger partial charge in [-0.3, -0.25) is 0 Å². The smallest absolute Gasteiger partial charge is 0.471 e. The lowest BCUT2D eigenvalue weighted by molar-refractivity contribution is 0.00578. The van der Waals surface area contributed by atoms with E-state index in [2.05, 4.69) is 5.10 Å². The minimum atomic E-state index is -0.477. The van der Waals surface area contributed by atoms with E-state index in [1.54, 1.807) is 17.1 Å². The van der Waals surface area contributed by atoms with E-state index in [1.807, 2.05) is 46.0 Å². The molecule has 3 heterocycles. The Hall–Kier alpha value is -1.53. The molecule has 0 N–H and O–H groups in total. The van der Waals surface area contributed by atoms with E-state index in [0.29, 0.717) is 5.66 Å². The predicted octanol–water partition coefficient (Wildman–Crippen LogP) is 1.76. The third-order valence-corrected chi connectivity index (χ3v) is 3.86. The topological polar surface area (TPSA) is 49.4 Å². The fourth-order valence-electron chi connectivity index (χ4n) is 1.97. The van der Waals surface area contributed by atoms with Crippen LogP contribution in [-0.2, 0) is 9.31 Å². The number of hydrogen-bond donors (Lipinski definition) is 0. The molecule has 0 spiro atoms. The van der Waals surface area contributed by atoms with Gasteiger partial charge >= 0.3 is 7.12 Å². The van der Waals surface area contributed by atoms with E-state index in [-0.39, 0.29) is 11.2 Å². The van der Waals surface area contributed by atoms with Gasteiger partial charge in [-0.05, 0) is 33.8 Å². The average molecular weight is 260 g/mol. The molecular formula is C13H17BN2O3. The molecule has 1 aliphatic heterocycles. The summed E-state index contributed by atoms with van der Waals surface area (Å²) in [5, 5.41) is 4.16. The van der Waals surface area contributed by atoms with Crippen LogP contribution in [0.1, 0.15) is 27.7 Å². The second-order valence-corrected chi connectivity index (χ2v) is 5.75. The zero-order valence-electron chi connectivity index (χ0n) is 11.6. The van der Waals surface area contributed by atoms with Gasteiger partial charge in [-0.15, -0.1) is 0 Å². The second kappa shape index (κ2) is 3.98. The molecule has 100 valence electrons. The summed E-state index contributed by atoms with van der Waals surface area (Å²) < 4.78 is 19.2. The maximum absolute atomic E-state index is 5.94. The van der Waals surface area contributed by atoms with Crippen molar-refractivity contribution in [2.75, 3.05) is 0 Å². The molecule has 0 atom stereocenters. The van der Waals surface area contributed by atoms with Crippen LogP contribution in [0.25, 0.3) is 5.69 Å². The van der Waals surface area contributed by atoms with Gasteiger partial charge < -0.3 is 13.7 Å². The Bertz CT molecular complexity index is 558. The highest BCUT2D eigenvalue weighted by Gasteiger charge is 2.53. The third kappa shape index (κ3) is 2.01. The van der Waals surface area contributed by atoms with Gasteiger partial charge in [-0.25, -0.2) is 4.68 Å². The third-order valence-electron chi connectivity index (χ3n) is 3.86. The van der Waals surface area contributed by atoms with Crippen LogP contribution in [0.3, 0.4) is 0 Å². The molecule has 3 rings (SSSR count). The van der Waals surface area contributed by atoms with Crippen molar-refractivity contribution in [3.63, 3.8) is 0 Å². The van der Waals surface area contributed by atoms with Crippen LogP contribution in [0.5, 0.6) is 0 Å². The lowest BCUT2D eigenvalue weighted by Crippen LogP contribution is -2.41. The van der Waals surface area contributed by atoms with E-state index in [9.17, 15) is 0 Å². The standard InChI is InChI=1S/C13H17BN2O3/c1-12(2)13(3,4)19-14(18-12)11-8-10(9-17-11)16-7-5-6-15-16/h5-9H,1-4H3. The first-order valence-corrected chi connectivity index (χ1v) is 6.33. The van der Waals surface area contributed by atoms with Gasteiger partial charge in [-0.2, -0.15) is 5.10 Å². The predicted molar refractivity (Wildman–Crippen MR) is 71.5 cm³/mol. The molecule has 0 bridgehead atoms. The molecule has 2 aromatic rings. The lowest BCUT2D eigenvalue weighted by Gasteiger charge is -2.32. The Labute approximate surface area is 112 Å². The fourth-order valence-corrected chi connectivity index (χ4v) is 1.97. The van der Waals surface area contributed by atoms with Crippen molar-refractivity contribution in [1.82, 2.24) is 9.78 Å². The zero-order valence-corrected chi connectivity index (χ0v) is 11.6. The summed E-state index contributed by atoms with van der Waals surface area (Å²) in [7, 11) is -0.477. The number of furan rings is 1. The lowest BCUT2D eigenvalue weighted by atomic mass is 9.86. The van der Waals surface area contributed by atoms with Crippen LogP contribution in [0.15, 0.2) is 35.2 Å². The van der Waals surface area contributed by atoms with Crippen molar-refractivity contribution in [3.8, 4) is 5.69 Å². The van der Waals surface area contributed by atoms with Crippen LogP contribution in [0.2, 0.25) is 0 Å². The monoisotopic (exact) mass is 260 g/mol. The SMILES string of the molecule is CC1(C)OB(c2cc(-n3cccn3)co2)OC1(C)C. The molecular weight excluding hydrogens is 243 g/mol. The first kappa shape index (κ1) is 12.5. The molecule has 0 aliphatic carbocycles. The minimum Gasteiger partial charge on any atom is -0.471 e. The summed E-state index contributed by atoms with van der Waals surface area (Å²) in [6.45, 7) is 8.07. The Morgan fingerprint density at radius 1 is 1.16 bits per heavy atom. The van der Waals surface area contributed by atoms with E-state index in [4.69, 9.17) is 13.7 Å². The number of rotatable bonds is 2. The summed E-state index contributed by atoms with van der Waals surface area (Å²) in [5.41, 5.74) is 0.783. The summed E-state index contributed by atoms with van der Waals surface area (Å²) in [4.78, 5) is 0.